The summed E-state index contributed by atoms with van der Waals surface area (Å²) in [5.74, 6) is -2.78. The molecule has 0 saturated carbocycles. The molecule has 62 heavy (non-hydrogen) atoms. The average molecular weight is 811 g/mol. The first-order valence-corrected chi connectivity index (χ1v) is 19.7. The third-order valence-electron chi connectivity index (χ3n) is 11.4. The summed E-state index contributed by atoms with van der Waals surface area (Å²) >= 11 is 0. The van der Waals surface area contributed by atoms with E-state index in [9.17, 15) is 10.5 Å². The number of halogens is 4. The van der Waals surface area contributed by atoms with Gasteiger partial charge >= 0.3 is 0 Å². The summed E-state index contributed by atoms with van der Waals surface area (Å²) in [6.07, 6.45) is 0. The Hall–Kier alpha value is -8.46. The van der Waals surface area contributed by atoms with Gasteiger partial charge in [0.25, 0.3) is 0 Å². The molecule has 0 aliphatic carbocycles. The van der Waals surface area contributed by atoms with E-state index in [2.05, 4.69) is 12.1 Å². The van der Waals surface area contributed by atoms with Crippen LogP contribution in [0, 0.1) is 45.9 Å². The number of para-hydroxylation sites is 2. The van der Waals surface area contributed by atoms with Gasteiger partial charge in [-0.15, -0.1) is 0 Å². The largest absolute Gasteiger partial charge is 0.307 e. The molecular weight excluding hydrogens is 781 g/mol. The minimum Gasteiger partial charge on any atom is -0.307 e. The monoisotopic (exact) mass is 810 g/mol. The maximum atomic E-state index is 16.7. The van der Waals surface area contributed by atoms with Gasteiger partial charge in [-0.3, -0.25) is 0 Å². The van der Waals surface area contributed by atoms with Crippen LogP contribution in [0.4, 0.5) is 51.7 Å². The standard InChI is InChI=1S/C54H30F4N4/c55-45-29-51(47(57)27-43(45)39-17-9-7-11-35(39)31-59)61(37-13-3-1-4-14-37)49-25-21-33-20-24-42-50(26-22-34-19-23-41(49)53(33)54(34)42)62(38-15-5-2-6-16-38)52-30-46(56)44(28-48(52)58)40-18-10-8-12-36(40)32-60/h1-30H. The summed E-state index contributed by atoms with van der Waals surface area (Å²) in [5, 5.41) is 24.4. The number of nitrogens with zero attached hydrogens (tertiary/aromatic N) is 4. The summed E-state index contributed by atoms with van der Waals surface area (Å²) in [5.41, 5.74) is 3.23. The molecular formula is C54H30F4N4. The molecule has 0 N–H and O–H groups in total. The second-order valence-electron chi connectivity index (χ2n) is 14.8. The Labute approximate surface area is 353 Å². The smallest absolute Gasteiger partial charge is 0.148 e. The molecule has 0 radical (unpaired) electrons. The van der Waals surface area contributed by atoms with Gasteiger partial charge < -0.3 is 9.80 Å². The van der Waals surface area contributed by atoms with Crippen molar-refractivity contribution in [1.29, 1.82) is 10.5 Å². The van der Waals surface area contributed by atoms with Crippen molar-refractivity contribution < 1.29 is 17.6 Å². The first kappa shape index (κ1) is 37.8. The highest BCUT2D eigenvalue weighted by Crippen LogP contribution is 2.49. The van der Waals surface area contributed by atoms with E-state index in [0.717, 1.165) is 56.6 Å². The first-order chi connectivity index (χ1) is 30.3. The lowest BCUT2D eigenvalue weighted by Crippen LogP contribution is -2.14. The van der Waals surface area contributed by atoms with E-state index in [4.69, 9.17) is 0 Å². The summed E-state index contributed by atoms with van der Waals surface area (Å²) in [4.78, 5) is 3.37. The van der Waals surface area contributed by atoms with E-state index < -0.39 is 23.3 Å². The van der Waals surface area contributed by atoms with Gasteiger partial charge in [-0.2, -0.15) is 10.5 Å². The molecule has 0 heterocycles. The fraction of sp³-hybridized carbons (Fsp3) is 0. The molecule has 0 aliphatic rings. The molecule has 0 saturated heterocycles. The molecule has 10 aromatic carbocycles. The maximum absolute atomic E-state index is 16.7. The average Bonchev–Trinajstić information content (AvgIpc) is 3.31. The molecule has 10 aromatic rings. The zero-order chi connectivity index (χ0) is 42.5. The highest BCUT2D eigenvalue weighted by atomic mass is 19.1. The number of anilines is 6. The molecule has 294 valence electrons. The molecule has 0 unspecified atom stereocenters. The Morgan fingerprint density at radius 2 is 0.710 bits per heavy atom. The molecule has 0 aromatic heterocycles. The highest BCUT2D eigenvalue weighted by Gasteiger charge is 2.26. The highest BCUT2D eigenvalue weighted by molar-refractivity contribution is 6.28. The van der Waals surface area contributed by atoms with Gasteiger partial charge in [0.2, 0.25) is 0 Å². The number of hydrogen-bond acceptors (Lipinski definition) is 4. The third kappa shape index (κ3) is 6.22. The van der Waals surface area contributed by atoms with Gasteiger partial charge in [-0.25, -0.2) is 17.6 Å². The van der Waals surface area contributed by atoms with Crippen LogP contribution in [0.15, 0.2) is 182 Å². The molecule has 0 fully saturated rings. The third-order valence-corrected chi connectivity index (χ3v) is 11.4. The fourth-order valence-electron chi connectivity index (χ4n) is 8.59. The van der Waals surface area contributed by atoms with Crippen molar-refractivity contribution >= 4 is 66.4 Å². The van der Waals surface area contributed by atoms with E-state index in [1.165, 1.54) is 0 Å². The van der Waals surface area contributed by atoms with Crippen molar-refractivity contribution in [2.24, 2.45) is 0 Å². The fourth-order valence-corrected chi connectivity index (χ4v) is 8.59. The van der Waals surface area contributed by atoms with Gasteiger partial charge in [0, 0.05) is 56.5 Å². The molecule has 10 rings (SSSR count). The summed E-state index contributed by atoms with van der Waals surface area (Å²) < 4.78 is 65.9. The zero-order valence-corrected chi connectivity index (χ0v) is 32.6. The van der Waals surface area contributed by atoms with Crippen molar-refractivity contribution in [3.8, 4) is 34.4 Å². The van der Waals surface area contributed by atoms with Crippen molar-refractivity contribution in [3.63, 3.8) is 0 Å². The number of nitriles is 2. The van der Waals surface area contributed by atoms with Crippen LogP contribution in [-0.2, 0) is 0 Å². The van der Waals surface area contributed by atoms with Crippen molar-refractivity contribution in [2.75, 3.05) is 9.80 Å². The van der Waals surface area contributed by atoms with Crippen LogP contribution in [0.5, 0.6) is 0 Å². The zero-order valence-electron chi connectivity index (χ0n) is 32.6. The lowest BCUT2D eigenvalue weighted by atomic mass is 9.91. The summed E-state index contributed by atoms with van der Waals surface area (Å²) in [6.45, 7) is 0. The second kappa shape index (κ2) is 15.3. The van der Waals surface area contributed by atoms with Crippen LogP contribution in [-0.4, -0.2) is 0 Å². The van der Waals surface area contributed by atoms with Crippen LogP contribution in [0.3, 0.4) is 0 Å². The van der Waals surface area contributed by atoms with Gasteiger partial charge in [0.1, 0.15) is 23.3 Å². The molecule has 0 spiro atoms. The van der Waals surface area contributed by atoms with Gasteiger partial charge in [0.05, 0.1) is 46.0 Å². The van der Waals surface area contributed by atoms with Gasteiger partial charge in [-0.1, -0.05) is 109 Å². The van der Waals surface area contributed by atoms with Crippen LogP contribution in [0.2, 0.25) is 0 Å². The van der Waals surface area contributed by atoms with E-state index in [1.54, 1.807) is 58.3 Å². The topological polar surface area (TPSA) is 54.1 Å². The number of benzene rings is 10. The SMILES string of the molecule is N#Cc1ccccc1-c1cc(F)c(N(c2ccccc2)c2ccc3ccc4c(N(c5ccccc5)c5cc(F)c(-c6ccccc6C#N)cc5F)ccc5ccc2c3c54)cc1F. The Kier molecular flexibility index (Phi) is 9.32. The number of rotatable bonds is 8. The van der Waals surface area contributed by atoms with Crippen molar-refractivity contribution in [3.05, 3.63) is 216 Å². The van der Waals surface area contributed by atoms with E-state index >= 15 is 17.6 Å². The van der Waals surface area contributed by atoms with Crippen molar-refractivity contribution in [2.45, 2.75) is 0 Å². The van der Waals surface area contributed by atoms with Crippen LogP contribution in [0.1, 0.15) is 11.1 Å². The van der Waals surface area contributed by atoms with E-state index in [1.807, 2.05) is 109 Å². The van der Waals surface area contributed by atoms with Gasteiger partial charge in [0.15, 0.2) is 0 Å². The molecule has 0 amide bonds. The van der Waals surface area contributed by atoms with E-state index in [-0.39, 0.29) is 44.8 Å². The summed E-state index contributed by atoms with van der Waals surface area (Å²) in [6, 6.07) is 55.5. The van der Waals surface area contributed by atoms with Gasteiger partial charge in [-0.05, 0) is 82.2 Å². The van der Waals surface area contributed by atoms with Crippen molar-refractivity contribution in [1.82, 2.24) is 0 Å². The predicted molar refractivity (Wildman–Crippen MR) is 240 cm³/mol. The molecule has 8 heteroatoms. The molecule has 0 aliphatic heterocycles. The Bertz CT molecular complexity index is 3220. The number of hydrogen-bond donors (Lipinski definition) is 0. The first-order valence-electron chi connectivity index (χ1n) is 19.7. The molecule has 4 nitrogen and oxygen atoms in total. The quantitative estimate of drug-likeness (QED) is 0.113. The Morgan fingerprint density at radius 1 is 0.339 bits per heavy atom. The lowest BCUT2D eigenvalue weighted by Gasteiger charge is -2.30. The molecule has 0 bridgehead atoms. The minimum absolute atomic E-state index is 0.0276. The van der Waals surface area contributed by atoms with Crippen LogP contribution in [0.25, 0.3) is 54.6 Å². The maximum Gasteiger partial charge on any atom is 0.148 e. The predicted octanol–water partition coefficient (Wildman–Crippen LogP) is 15.2. The van der Waals surface area contributed by atoms with Crippen LogP contribution >= 0.6 is 0 Å². The Balaban J connectivity index is 1.19. The normalized spacial score (nSPS) is 11.2. The second-order valence-corrected chi connectivity index (χ2v) is 14.8. The lowest BCUT2D eigenvalue weighted by molar-refractivity contribution is 0.604. The van der Waals surface area contributed by atoms with E-state index in [0.29, 0.717) is 22.7 Å². The Morgan fingerprint density at radius 3 is 1.11 bits per heavy atom. The molecule has 0 atom stereocenters. The summed E-state index contributed by atoms with van der Waals surface area (Å²) in [7, 11) is 0. The minimum atomic E-state index is -0.695. The van der Waals surface area contributed by atoms with Crippen LogP contribution < -0.4 is 9.80 Å².